The Labute approximate surface area is 187 Å². The molecule has 0 atom stereocenters. The Morgan fingerprint density at radius 3 is 2.23 bits per heavy atom. The molecule has 1 aliphatic heterocycles. The number of fused-ring (bicyclic) bond motifs is 1. The monoisotopic (exact) mass is 413 g/mol. The summed E-state index contributed by atoms with van der Waals surface area (Å²) in [5.41, 5.74) is 7.62. The molecule has 0 radical (unpaired) electrons. The number of hydrogen-bond donors (Lipinski definition) is 0. The molecule has 0 fully saturated rings. The van der Waals surface area contributed by atoms with Gasteiger partial charge in [0.15, 0.2) is 5.82 Å². The van der Waals surface area contributed by atoms with E-state index < -0.39 is 0 Å². The van der Waals surface area contributed by atoms with Crippen molar-refractivity contribution in [3.8, 4) is 0 Å². The number of benzene rings is 2. The van der Waals surface area contributed by atoms with Gasteiger partial charge < -0.3 is 9.80 Å². The Morgan fingerprint density at radius 1 is 0.774 bits per heavy atom. The molecule has 2 aromatic carbocycles. The number of aromatic nitrogens is 1. The van der Waals surface area contributed by atoms with Crippen LogP contribution in [0.1, 0.15) is 62.1 Å². The summed E-state index contributed by atoms with van der Waals surface area (Å²) in [7, 11) is 0. The van der Waals surface area contributed by atoms with Crippen LogP contribution >= 0.6 is 0 Å². The maximum absolute atomic E-state index is 4.73. The van der Waals surface area contributed by atoms with Crippen molar-refractivity contribution in [2.24, 2.45) is 0 Å². The topological polar surface area (TPSA) is 19.4 Å². The molecule has 0 unspecified atom stereocenters. The molecule has 3 heteroatoms. The van der Waals surface area contributed by atoms with Gasteiger partial charge in [0, 0.05) is 17.6 Å². The molecule has 2 heterocycles. The molecule has 162 valence electrons. The average Bonchev–Trinajstić information content (AvgIpc) is 3.16. The minimum Gasteiger partial charge on any atom is -0.320 e. The number of pyridine rings is 1. The molecule has 31 heavy (non-hydrogen) atoms. The van der Waals surface area contributed by atoms with Crippen LogP contribution in [0.4, 0.5) is 22.9 Å². The summed E-state index contributed by atoms with van der Waals surface area (Å²) in [5, 5.41) is 0. The molecule has 4 rings (SSSR count). The van der Waals surface area contributed by atoms with Gasteiger partial charge in [-0.3, -0.25) is 0 Å². The van der Waals surface area contributed by atoms with Crippen LogP contribution in [-0.2, 0) is 6.42 Å². The smallest absolute Gasteiger partial charge is 0.158 e. The predicted octanol–water partition coefficient (Wildman–Crippen LogP) is 7.85. The number of aryl methyl sites for hydroxylation is 3. The lowest BCUT2D eigenvalue weighted by Gasteiger charge is -2.22. The lowest BCUT2D eigenvalue weighted by Crippen LogP contribution is -2.24. The van der Waals surface area contributed by atoms with Crippen molar-refractivity contribution in [3.05, 3.63) is 77.5 Å². The van der Waals surface area contributed by atoms with Crippen molar-refractivity contribution < 1.29 is 0 Å². The molecular formula is C28H35N3. The number of rotatable bonds is 9. The molecule has 0 saturated carbocycles. The second-order valence-electron chi connectivity index (χ2n) is 8.87. The van der Waals surface area contributed by atoms with Crippen LogP contribution in [0.2, 0.25) is 0 Å². The van der Waals surface area contributed by atoms with E-state index in [1.165, 1.54) is 78.7 Å². The highest BCUT2D eigenvalue weighted by Gasteiger charge is 2.29. The summed E-state index contributed by atoms with van der Waals surface area (Å²) in [6.07, 6.45) is 11.1. The van der Waals surface area contributed by atoms with E-state index >= 15 is 0 Å². The van der Waals surface area contributed by atoms with Gasteiger partial charge in [-0.05, 0) is 79.8 Å². The highest BCUT2D eigenvalue weighted by Crippen LogP contribution is 2.42. The first-order valence-corrected chi connectivity index (χ1v) is 11.8. The molecule has 1 aromatic heterocycles. The van der Waals surface area contributed by atoms with Gasteiger partial charge in [-0.25, -0.2) is 4.98 Å². The predicted molar refractivity (Wildman–Crippen MR) is 133 cm³/mol. The van der Waals surface area contributed by atoms with Crippen molar-refractivity contribution in [3.63, 3.8) is 0 Å². The summed E-state index contributed by atoms with van der Waals surface area (Å²) in [5.74, 6) is 1.03. The van der Waals surface area contributed by atoms with Crippen molar-refractivity contribution in [2.75, 3.05) is 16.5 Å². The first-order valence-electron chi connectivity index (χ1n) is 11.8. The van der Waals surface area contributed by atoms with E-state index in [0.717, 1.165) is 12.5 Å². The van der Waals surface area contributed by atoms with Crippen molar-refractivity contribution in [1.29, 1.82) is 0 Å². The number of nitrogens with zero attached hydrogens (tertiary/aromatic N) is 3. The lowest BCUT2D eigenvalue weighted by molar-refractivity contribution is 0.607. The molecule has 3 aromatic rings. The fraction of sp³-hybridized carbons (Fsp3) is 0.393. The summed E-state index contributed by atoms with van der Waals surface area (Å²) in [6.45, 7) is 7.39. The van der Waals surface area contributed by atoms with Crippen LogP contribution in [-0.4, -0.2) is 11.7 Å². The van der Waals surface area contributed by atoms with Gasteiger partial charge in [0.05, 0.1) is 5.69 Å². The Morgan fingerprint density at radius 2 is 1.48 bits per heavy atom. The fourth-order valence-electron chi connectivity index (χ4n) is 4.57. The first kappa shape index (κ1) is 21.4. The molecule has 0 spiro atoms. The third kappa shape index (κ3) is 5.10. The summed E-state index contributed by atoms with van der Waals surface area (Å²) in [4.78, 5) is 9.42. The standard InChI is InChI=1S/C28H35N3/c1-4-5-6-7-8-9-11-24-13-15-25(16-14-24)31-21-30(27-12-10-17-29-28(27)31)26-19-22(2)18-23(3)20-26/h10,12-20H,4-9,11,21H2,1-3H3. The van der Waals surface area contributed by atoms with Gasteiger partial charge in [0.2, 0.25) is 0 Å². The lowest BCUT2D eigenvalue weighted by atomic mass is 10.0. The van der Waals surface area contributed by atoms with Gasteiger partial charge in [-0.15, -0.1) is 0 Å². The van der Waals surface area contributed by atoms with Gasteiger partial charge >= 0.3 is 0 Å². The molecule has 0 aliphatic carbocycles. The third-order valence-electron chi connectivity index (χ3n) is 6.18. The normalized spacial score (nSPS) is 13.0. The largest absolute Gasteiger partial charge is 0.320 e. The summed E-state index contributed by atoms with van der Waals surface area (Å²) < 4.78 is 0. The number of hydrogen-bond acceptors (Lipinski definition) is 3. The van der Waals surface area contributed by atoms with E-state index in [9.17, 15) is 0 Å². The summed E-state index contributed by atoms with van der Waals surface area (Å²) >= 11 is 0. The number of anilines is 4. The SMILES string of the molecule is CCCCCCCCc1ccc(N2CN(c3cc(C)cc(C)c3)c3cccnc32)cc1. The van der Waals surface area contributed by atoms with E-state index in [1.54, 1.807) is 0 Å². The van der Waals surface area contributed by atoms with E-state index in [0.29, 0.717) is 0 Å². The average molecular weight is 414 g/mol. The van der Waals surface area contributed by atoms with Crippen LogP contribution in [0.3, 0.4) is 0 Å². The Balaban J connectivity index is 1.47. The molecular weight excluding hydrogens is 378 g/mol. The summed E-state index contributed by atoms with van der Waals surface area (Å²) in [6, 6.07) is 20.1. The Hall–Kier alpha value is -2.81. The maximum atomic E-state index is 4.73. The molecule has 3 nitrogen and oxygen atoms in total. The zero-order valence-corrected chi connectivity index (χ0v) is 19.3. The number of unbranched alkanes of at least 4 members (excludes halogenated alkanes) is 5. The van der Waals surface area contributed by atoms with Crippen LogP contribution in [0, 0.1) is 13.8 Å². The highest BCUT2D eigenvalue weighted by atomic mass is 15.4. The molecule has 0 N–H and O–H groups in total. The molecule has 0 bridgehead atoms. The zero-order chi connectivity index (χ0) is 21.6. The second-order valence-corrected chi connectivity index (χ2v) is 8.87. The van der Waals surface area contributed by atoms with Gasteiger partial charge in [-0.1, -0.05) is 57.2 Å². The molecule has 1 aliphatic rings. The van der Waals surface area contributed by atoms with Gasteiger partial charge in [0.1, 0.15) is 6.67 Å². The van der Waals surface area contributed by atoms with Gasteiger partial charge in [-0.2, -0.15) is 0 Å². The Kier molecular flexibility index (Phi) is 6.91. The quantitative estimate of drug-likeness (QED) is 0.333. The zero-order valence-electron chi connectivity index (χ0n) is 19.3. The minimum absolute atomic E-state index is 0.784. The van der Waals surface area contributed by atoms with E-state index in [4.69, 9.17) is 4.98 Å². The fourth-order valence-corrected chi connectivity index (χ4v) is 4.57. The van der Waals surface area contributed by atoms with Crippen LogP contribution in [0.15, 0.2) is 60.8 Å². The first-order chi connectivity index (χ1) is 15.2. The van der Waals surface area contributed by atoms with E-state index in [1.807, 2.05) is 12.3 Å². The minimum atomic E-state index is 0.784. The maximum Gasteiger partial charge on any atom is 0.158 e. The van der Waals surface area contributed by atoms with Crippen molar-refractivity contribution in [1.82, 2.24) is 4.98 Å². The Bertz CT molecular complexity index is 973. The molecule has 0 amide bonds. The van der Waals surface area contributed by atoms with Crippen LogP contribution < -0.4 is 9.80 Å². The van der Waals surface area contributed by atoms with Crippen molar-refractivity contribution >= 4 is 22.9 Å². The second kappa shape index (κ2) is 10.00. The van der Waals surface area contributed by atoms with E-state index in [-0.39, 0.29) is 0 Å². The third-order valence-corrected chi connectivity index (χ3v) is 6.18. The van der Waals surface area contributed by atoms with Crippen molar-refractivity contribution in [2.45, 2.75) is 65.7 Å². The highest BCUT2D eigenvalue weighted by molar-refractivity contribution is 5.84. The van der Waals surface area contributed by atoms with Gasteiger partial charge in [0.25, 0.3) is 0 Å². The van der Waals surface area contributed by atoms with Crippen LogP contribution in [0.5, 0.6) is 0 Å². The van der Waals surface area contributed by atoms with Crippen LogP contribution in [0.25, 0.3) is 0 Å². The molecule has 0 saturated heterocycles. The van der Waals surface area contributed by atoms with E-state index in [2.05, 4.69) is 79.1 Å².